The summed E-state index contributed by atoms with van der Waals surface area (Å²) >= 11 is 0. The van der Waals surface area contributed by atoms with Crippen molar-refractivity contribution >= 4 is 32.1 Å². The molecule has 1 rings (SSSR count). The summed E-state index contributed by atoms with van der Waals surface area (Å²) in [7, 11) is -1.53. The third-order valence-electron chi connectivity index (χ3n) is 2.99. The molecular weight excluding hydrogens is 215 g/mol. The molecule has 0 aliphatic heterocycles. The van der Waals surface area contributed by atoms with Gasteiger partial charge < -0.3 is 0 Å². The number of benzene rings is 1. The summed E-state index contributed by atoms with van der Waals surface area (Å²) in [5, 5.41) is 1.48. The Hall–Kier alpha value is -0.746. The molecule has 0 unspecified atom stereocenters. The fraction of sp³-hybridized carbons (Fsp3) is 0.200. The van der Waals surface area contributed by atoms with E-state index >= 15 is 0 Å². The standard InChI is InChI=1S/C15H20Si.Li.H/c1-4-12-16(13-5-2,14-6-3)15-10-8-7-9-11-15;;/h4-11H,1-3,12-14H2;;. The maximum atomic E-state index is 3.90. The first-order valence-corrected chi connectivity index (χ1v) is 8.29. The molecular formula is C15H21LiSi. The van der Waals surface area contributed by atoms with Crippen LogP contribution in [0.15, 0.2) is 68.3 Å². The average Bonchev–Trinajstić information content (AvgIpc) is 2.31. The first-order valence-electron chi connectivity index (χ1n) is 5.67. The van der Waals surface area contributed by atoms with Gasteiger partial charge in [0.05, 0.1) is 8.07 Å². The van der Waals surface area contributed by atoms with Crippen LogP contribution >= 0.6 is 0 Å². The molecule has 0 amide bonds. The molecule has 0 nitrogen and oxygen atoms in total. The maximum absolute atomic E-state index is 3.90. The van der Waals surface area contributed by atoms with Gasteiger partial charge in [0.25, 0.3) is 0 Å². The molecule has 0 atom stereocenters. The van der Waals surface area contributed by atoms with E-state index in [-0.39, 0.29) is 18.9 Å². The first kappa shape index (κ1) is 16.3. The van der Waals surface area contributed by atoms with Crippen molar-refractivity contribution in [1.82, 2.24) is 0 Å². The summed E-state index contributed by atoms with van der Waals surface area (Å²) in [5.41, 5.74) is 0. The minimum absolute atomic E-state index is 0. The van der Waals surface area contributed by atoms with Gasteiger partial charge in [-0.2, -0.15) is 0 Å². The second-order valence-electron chi connectivity index (χ2n) is 4.12. The second-order valence-corrected chi connectivity index (χ2v) is 8.49. The molecule has 0 saturated heterocycles. The van der Waals surface area contributed by atoms with Crippen LogP contribution in [0.25, 0.3) is 0 Å². The zero-order chi connectivity index (χ0) is 11.9. The van der Waals surface area contributed by atoms with Crippen molar-refractivity contribution in [2.75, 3.05) is 0 Å². The summed E-state index contributed by atoms with van der Waals surface area (Å²) in [5.74, 6) is 0. The molecule has 0 bridgehead atoms. The molecule has 2 heteroatoms. The molecule has 17 heavy (non-hydrogen) atoms. The predicted octanol–water partition coefficient (Wildman–Crippen LogP) is 3.25. The molecule has 0 radical (unpaired) electrons. The van der Waals surface area contributed by atoms with Crippen LogP contribution in [-0.4, -0.2) is 26.9 Å². The Kier molecular flexibility index (Phi) is 7.99. The van der Waals surface area contributed by atoms with Crippen molar-refractivity contribution < 1.29 is 0 Å². The van der Waals surface area contributed by atoms with Gasteiger partial charge in [0.15, 0.2) is 0 Å². The Labute approximate surface area is 118 Å². The Balaban J connectivity index is 0.00000256. The van der Waals surface area contributed by atoms with Gasteiger partial charge in [0.1, 0.15) is 0 Å². The van der Waals surface area contributed by atoms with Gasteiger partial charge in [0, 0.05) is 0 Å². The Bertz CT molecular complexity index is 330. The molecule has 1 aromatic rings. The molecule has 0 aliphatic carbocycles. The normalized spacial score (nSPS) is 10.1. The summed E-state index contributed by atoms with van der Waals surface area (Å²) in [6, 6.07) is 14.1. The van der Waals surface area contributed by atoms with Crippen molar-refractivity contribution in [3.8, 4) is 0 Å². The molecule has 0 saturated carbocycles. The fourth-order valence-corrected chi connectivity index (χ4v) is 5.99. The van der Waals surface area contributed by atoms with Crippen LogP contribution in [0.4, 0.5) is 0 Å². The monoisotopic (exact) mass is 236 g/mol. The Morgan fingerprint density at radius 3 is 1.59 bits per heavy atom. The number of allylic oxidation sites excluding steroid dienone is 3. The summed E-state index contributed by atoms with van der Waals surface area (Å²) in [4.78, 5) is 0. The van der Waals surface area contributed by atoms with Gasteiger partial charge in [-0.15, -0.1) is 19.7 Å². The van der Waals surface area contributed by atoms with E-state index < -0.39 is 8.07 Å². The van der Waals surface area contributed by atoms with Crippen LogP contribution in [0.3, 0.4) is 0 Å². The van der Waals surface area contributed by atoms with Gasteiger partial charge in [0.2, 0.25) is 0 Å². The van der Waals surface area contributed by atoms with Gasteiger partial charge >= 0.3 is 18.9 Å². The summed E-state index contributed by atoms with van der Waals surface area (Å²) in [6.07, 6.45) is 6.14. The molecule has 0 fully saturated rings. The van der Waals surface area contributed by atoms with Crippen LogP contribution in [0, 0.1) is 0 Å². The van der Waals surface area contributed by atoms with E-state index in [2.05, 4.69) is 50.1 Å². The van der Waals surface area contributed by atoms with Crippen molar-refractivity contribution in [3.63, 3.8) is 0 Å². The second kappa shape index (κ2) is 8.36. The third-order valence-corrected chi connectivity index (χ3v) is 7.76. The minimum atomic E-state index is -1.53. The zero-order valence-corrected chi connectivity index (χ0v) is 10.9. The molecule has 0 heterocycles. The van der Waals surface area contributed by atoms with E-state index in [0.29, 0.717) is 0 Å². The van der Waals surface area contributed by atoms with Crippen LogP contribution in [0.1, 0.15) is 0 Å². The van der Waals surface area contributed by atoms with Crippen LogP contribution < -0.4 is 5.19 Å². The van der Waals surface area contributed by atoms with Crippen LogP contribution in [0.2, 0.25) is 18.1 Å². The molecule has 86 valence electrons. The van der Waals surface area contributed by atoms with E-state index in [1.54, 1.807) is 0 Å². The van der Waals surface area contributed by atoms with Gasteiger partial charge in [-0.3, -0.25) is 0 Å². The predicted molar refractivity (Wildman–Crippen MR) is 84.0 cm³/mol. The van der Waals surface area contributed by atoms with E-state index in [4.69, 9.17) is 0 Å². The van der Waals surface area contributed by atoms with E-state index in [0.717, 1.165) is 18.1 Å². The van der Waals surface area contributed by atoms with Crippen molar-refractivity contribution in [2.45, 2.75) is 18.1 Å². The van der Waals surface area contributed by atoms with Crippen molar-refractivity contribution in [1.29, 1.82) is 0 Å². The molecule has 0 N–H and O–H groups in total. The topological polar surface area (TPSA) is 0 Å². The summed E-state index contributed by atoms with van der Waals surface area (Å²) in [6.45, 7) is 11.7. The molecule has 0 spiro atoms. The number of hydrogen-bond acceptors (Lipinski definition) is 0. The number of hydrogen-bond donors (Lipinski definition) is 0. The average molecular weight is 236 g/mol. The van der Waals surface area contributed by atoms with Crippen molar-refractivity contribution in [2.24, 2.45) is 0 Å². The molecule has 0 aromatic heterocycles. The van der Waals surface area contributed by atoms with E-state index in [1.807, 2.05) is 18.2 Å². The quantitative estimate of drug-likeness (QED) is 0.503. The SMILES string of the molecule is C=CC[Si](CC=C)(CC=C)c1ccccc1.[LiH]. The van der Waals surface area contributed by atoms with E-state index in [9.17, 15) is 0 Å². The third kappa shape index (κ3) is 4.20. The number of rotatable bonds is 7. The Morgan fingerprint density at radius 1 is 0.824 bits per heavy atom. The summed E-state index contributed by atoms with van der Waals surface area (Å²) < 4.78 is 0. The van der Waals surface area contributed by atoms with Gasteiger partial charge in [-0.25, -0.2) is 0 Å². The molecule has 0 aliphatic rings. The van der Waals surface area contributed by atoms with E-state index in [1.165, 1.54) is 5.19 Å². The van der Waals surface area contributed by atoms with Gasteiger partial charge in [-0.05, 0) is 18.1 Å². The first-order chi connectivity index (χ1) is 7.79. The zero-order valence-electron chi connectivity index (χ0n) is 9.86. The van der Waals surface area contributed by atoms with Crippen LogP contribution in [0.5, 0.6) is 0 Å². The fourth-order valence-electron chi connectivity index (χ4n) is 2.22. The van der Waals surface area contributed by atoms with Gasteiger partial charge in [-0.1, -0.05) is 53.7 Å². The Morgan fingerprint density at radius 2 is 1.24 bits per heavy atom. The van der Waals surface area contributed by atoms with Crippen LogP contribution in [-0.2, 0) is 0 Å². The molecule has 1 aromatic carbocycles. The van der Waals surface area contributed by atoms with Crippen molar-refractivity contribution in [3.05, 3.63) is 68.3 Å².